The lowest BCUT2D eigenvalue weighted by atomic mass is 9.85. The molecule has 0 fully saturated rings. The van der Waals surface area contributed by atoms with Gasteiger partial charge in [-0.15, -0.1) is 0 Å². The highest BCUT2D eigenvalue weighted by molar-refractivity contribution is 5.65. The smallest absolute Gasteiger partial charge is 0.146 e. The molecule has 0 aliphatic carbocycles. The van der Waals surface area contributed by atoms with Gasteiger partial charge in [-0.25, -0.2) is 5.84 Å². The Balaban J connectivity index is 3.38. The molecule has 0 aromatic heterocycles. The van der Waals surface area contributed by atoms with E-state index in [1.165, 1.54) is 11.1 Å². The molecule has 0 spiro atoms. The number of allylic oxidation sites excluding steroid dienone is 1. The van der Waals surface area contributed by atoms with Crippen LogP contribution in [0.3, 0.4) is 0 Å². The van der Waals surface area contributed by atoms with E-state index in [1.54, 1.807) is 12.1 Å². The Kier molecular flexibility index (Phi) is 5.85. The van der Waals surface area contributed by atoms with Crippen molar-refractivity contribution in [3.8, 4) is 5.75 Å². The summed E-state index contributed by atoms with van der Waals surface area (Å²) in [6, 6.07) is 4.31. The number of nitrogens with two attached hydrogens (primary N) is 1. The lowest BCUT2D eigenvalue weighted by molar-refractivity contribution is 0.411. The third-order valence-corrected chi connectivity index (χ3v) is 3.83. The molecule has 0 aliphatic heterocycles. The lowest BCUT2D eigenvalue weighted by Gasteiger charge is -2.26. The fraction of sp³-hybridized carbons (Fsp3) is 0.556. The number of hydrogen-bond donors (Lipinski definition) is 1. The second-order valence-electron chi connectivity index (χ2n) is 6.50. The molecule has 0 amide bonds. The molecule has 0 aliphatic rings. The minimum absolute atomic E-state index is 0.0781. The predicted molar refractivity (Wildman–Crippen MR) is 91.8 cm³/mol. The first-order valence-electron chi connectivity index (χ1n) is 7.67. The Labute approximate surface area is 129 Å². The molecule has 0 bridgehead atoms. The van der Waals surface area contributed by atoms with Crippen LogP contribution in [0.1, 0.15) is 58.6 Å². The zero-order valence-corrected chi connectivity index (χ0v) is 14.6. The molecule has 1 aromatic carbocycles. The highest BCUT2D eigenvalue weighted by Gasteiger charge is 2.19. The molecule has 3 heteroatoms. The first-order valence-corrected chi connectivity index (χ1v) is 7.67. The van der Waals surface area contributed by atoms with E-state index >= 15 is 0 Å². The van der Waals surface area contributed by atoms with Crippen molar-refractivity contribution in [1.82, 2.24) is 0 Å². The molecule has 21 heavy (non-hydrogen) atoms. The molecule has 0 saturated heterocycles. The van der Waals surface area contributed by atoms with Gasteiger partial charge in [-0.1, -0.05) is 46.3 Å². The van der Waals surface area contributed by atoms with Gasteiger partial charge < -0.3 is 4.74 Å². The zero-order chi connectivity index (χ0) is 16.2. The van der Waals surface area contributed by atoms with Crippen LogP contribution in [0, 0.1) is 6.92 Å². The molecule has 2 N–H and O–H groups in total. The number of ether oxygens (including phenoxy) is 1. The molecule has 118 valence electrons. The summed E-state index contributed by atoms with van der Waals surface area (Å²) in [5.74, 6) is 7.12. The van der Waals surface area contributed by atoms with Crippen molar-refractivity contribution in [1.29, 1.82) is 0 Å². The fourth-order valence-electron chi connectivity index (χ4n) is 2.34. The van der Waals surface area contributed by atoms with E-state index in [-0.39, 0.29) is 5.41 Å². The molecule has 1 aromatic rings. The minimum Gasteiger partial charge on any atom is -0.494 e. The molecule has 0 heterocycles. The van der Waals surface area contributed by atoms with Crippen LogP contribution in [0.4, 0.5) is 5.69 Å². The van der Waals surface area contributed by atoms with E-state index in [2.05, 4.69) is 53.7 Å². The van der Waals surface area contributed by atoms with Gasteiger partial charge in [0.05, 0.1) is 12.8 Å². The number of rotatable bonds is 5. The average molecular weight is 290 g/mol. The molecule has 0 saturated carbocycles. The van der Waals surface area contributed by atoms with Gasteiger partial charge in [-0.3, -0.25) is 5.01 Å². The third-order valence-electron chi connectivity index (χ3n) is 3.83. The first-order chi connectivity index (χ1) is 9.74. The van der Waals surface area contributed by atoms with Crippen LogP contribution < -0.4 is 15.6 Å². The first kappa shape index (κ1) is 17.6. The van der Waals surface area contributed by atoms with Crippen LogP contribution in [0.15, 0.2) is 23.9 Å². The summed E-state index contributed by atoms with van der Waals surface area (Å²) in [4.78, 5) is 0. The monoisotopic (exact) mass is 290 g/mol. The van der Waals surface area contributed by atoms with Gasteiger partial charge >= 0.3 is 0 Å². The van der Waals surface area contributed by atoms with Crippen molar-refractivity contribution >= 4 is 5.69 Å². The van der Waals surface area contributed by atoms with Gasteiger partial charge in [-0.05, 0) is 42.4 Å². The average Bonchev–Trinajstić information content (AvgIpc) is 2.42. The summed E-state index contributed by atoms with van der Waals surface area (Å²) in [5, 5.41) is 1.70. The van der Waals surface area contributed by atoms with Crippen molar-refractivity contribution in [2.75, 3.05) is 12.1 Å². The van der Waals surface area contributed by atoms with Crippen LogP contribution in [0.5, 0.6) is 5.75 Å². The maximum Gasteiger partial charge on any atom is 0.146 e. The van der Waals surface area contributed by atoms with Crippen LogP contribution in [0.25, 0.3) is 0 Å². The maximum absolute atomic E-state index is 6.28. The number of benzene rings is 1. The van der Waals surface area contributed by atoms with E-state index in [1.807, 2.05) is 6.20 Å². The molecule has 3 nitrogen and oxygen atoms in total. The number of nitrogens with zero attached hydrogens (tertiary/aromatic N) is 1. The summed E-state index contributed by atoms with van der Waals surface area (Å²) >= 11 is 0. The number of aryl methyl sites for hydroxylation is 1. The third kappa shape index (κ3) is 4.24. The molecule has 1 rings (SSSR count). The molecular formula is C18H30N2O. The molecular weight excluding hydrogens is 260 g/mol. The fourth-order valence-corrected chi connectivity index (χ4v) is 2.34. The highest BCUT2D eigenvalue weighted by Crippen LogP contribution is 2.36. The standard InChI is InChI=1S/C18H30N2O/c1-8-14(9-2)12-20(19)16-11-15(18(4,5)6)10-13(3)17(16)21-7/h10-12H,8-9,19H2,1-7H3. The van der Waals surface area contributed by atoms with Crippen LogP contribution >= 0.6 is 0 Å². The van der Waals surface area contributed by atoms with Gasteiger partial charge in [0.25, 0.3) is 0 Å². The summed E-state index contributed by atoms with van der Waals surface area (Å²) in [7, 11) is 1.70. The number of hydrogen-bond acceptors (Lipinski definition) is 3. The van der Waals surface area contributed by atoms with E-state index in [4.69, 9.17) is 10.6 Å². The number of hydrazine groups is 1. The normalized spacial score (nSPS) is 11.2. The van der Waals surface area contributed by atoms with Crippen LogP contribution in [-0.4, -0.2) is 7.11 Å². The topological polar surface area (TPSA) is 38.5 Å². The quantitative estimate of drug-likeness (QED) is 0.632. The number of anilines is 1. The maximum atomic E-state index is 6.28. The molecule has 0 unspecified atom stereocenters. The largest absolute Gasteiger partial charge is 0.494 e. The summed E-state index contributed by atoms with van der Waals surface area (Å²) in [6.45, 7) is 13.0. The SMILES string of the molecule is CCC(=CN(N)c1cc(C(C)(C)C)cc(C)c1OC)CC. The van der Waals surface area contributed by atoms with Gasteiger partial charge in [0, 0.05) is 6.20 Å². The van der Waals surface area contributed by atoms with Gasteiger partial charge in [0.15, 0.2) is 0 Å². The van der Waals surface area contributed by atoms with Crippen LogP contribution in [-0.2, 0) is 5.41 Å². The summed E-state index contributed by atoms with van der Waals surface area (Å²) in [5.41, 5.74) is 4.68. The zero-order valence-electron chi connectivity index (χ0n) is 14.6. The lowest BCUT2D eigenvalue weighted by Crippen LogP contribution is -2.26. The van der Waals surface area contributed by atoms with Crippen molar-refractivity contribution < 1.29 is 4.74 Å². The Morgan fingerprint density at radius 2 is 1.81 bits per heavy atom. The van der Waals surface area contributed by atoms with Crippen LogP contribution in [0.2, 0.25) is 0 Å². The predicted octanol–water partition coefficient (Wildman–Crippen LogP) is 4.69. The van der Waals surface area contributed by atoms with Crippen molar-refractivity contribution in [2.24, 2.45) is 5.84 Å². The van der Waals surface area contributed by atoms with Crippen molar-refractivity contribution in [3.05, 3.63) is 35.0 Å². The summed E-state index contributed by atoms with van der Waals surface area (Å²) < 4.78 is 5.56. The second kappa shape index (κ2) is 6.99. The van der Waals surface area contributed by atoms with E-state index < -0.39 is 0 Å². The van der Waals surface area contributed by atoms with Crippen molar-refractivity contribution in [2.45, 2.75) is 59.8 Å². The Morgan fingerprint density at radius 3 is 2.24 bits per heavy atom. The number of methoxy groups -OCH3 is 1. The Hall–Kier alpha value is -1.48. The minimum atomic E-state index is 0.0781. The van der Waals surface area contributed by atoms with E-state index in [0.29, 0.717) is 0 Å². The summed E-state index contributed by atoms with van der Waals surface area (Å²) in [6.07, 6.45) is 4.03. The van der Waals surface area contributed by atoms with Gasteiger partial charge in [0.2, 0.25) is 0 Å². The Morgan fingerprint density at radius 1 is 1.24 bits per heavy atom. The van der Waals surface area contributed by atoms with E-state index in [0.717, 1.165) is 29.8 Å². The van der Waals surface area contributed by atoms with Gasteiger partial charge in [-0.2, -0.15) is 0 Å². The Bertz CT molecular complexity index is 507. The van der Waals surface area contributed by atoms with Crippen molar-refractivity contribution in [3.63, 3.8) is 0 Å². The van der Waals surface area contributed by atoms with Gasteiger partial charge in [0.1, 0.15) is 5.75 Å². The molecule has 0 radical (unpaired) electrons. The van der Waals surface area contributed by atoms with E-state index in [9.17, 15) is 0 Å². The second-order valence-corrected chi connectivity index (χ2v) is 6.50. The molecule has 0 atom stereocenters. The highest BCUT2D eigenvalue weighted by atomic mass is 16.5.